The average molecular weight is 361 g/mol. The quantitative estimate of drug-likeness (QED) is 0.283. The van der Waals surface area contributed by atoms with Crippen LogP contribution >= 0.6 is 0 Å². The molecule has 0 fully saturated rings. The Balaban J connectivity index is 2.02. The topological polar surface area (TPSA) is 27.7 Å². The average Bonchev–Trinajstić information content (AvgIpc) is 2.67. The van der Waals surface area contributed by atoms with Gasteiger partial charge in [-0.05, 0) is 37.1 Å². The van der Waals surface area contributed by atoms with Gasteiger partial charge in [-0.2, -0.15) is 0 Å². The third kappa shape index (κ3) is 12.7. The number of unbranched alkanes of at least 4 members (excludes halogenated alkanes) is 8. The minimum Gasteiger partial charge on any atom is -0.494 e. The molecule has 1 aromatic carbocycles. The minimum atomic E-state index is 0.501. The standard InChI is InChI=1S/C23H36O3/c1-3-4-5-6-7-8-9-13-20-25-22-15-17-23(18-16-22)26-21-14-11-10-12-19-24-2/h15-18H,3-9,11,13-14,19-21H2,1-2H3. The van der Waals surface area contributed by atoms with E-state index in [4.69, 9.17) is 14.2 Å². The molecule has 146 valence electrons. The van der Waals surface area contributed by atoms with Crippen molar-refractivity contribution in [2.45, 2.75) is 71.1 Å². The van der Waals surface area contributed by atoms with Gasteiger partial charge in [0.05, 0.1) is 13.2 Å². The highest BCUT2D eigenvalue weighted by atomic mass is 16.5. The summed E-state index contributed by atoms with van der Waals surface area (Å²) in [5, 5.41) is 0. The van der Waals surface area contributed by atoms with Gasteiger partial charge in [-0.25, -0.2) is 0 Å². The smallest absolute Gasteiger partial charge is 0.119 e. The Morgan fingerprint density at radius 1 is 0.692 bits per heavy atom. The first-order valence-corrected chi connectivity index (χ1v) is 10.2. The van der Waals surface area contributed by atoms with Gasteiger partial charge < -0.3 is 14.2 Å². The Kier molecular flexibility index (Phi) is 14.5. The molecule has 1 aromatic rings. The zero-order valence-corrected chi connectivity index (χ0v) is 16.7. The summed E-state index contributed by atoms with van der Waals surface area (Å²) in [5.74, 6) is 7.80. The van der Waals surface area contributed by atoms with Crippen LogP contribution in [-0.4, -0.2) is 26.9 Å². The fraction of sp³-hybridized carbons (Fsp3) is 0.652. The predicted octanol–water partition coefficient (Wildman–Crippen LogP) is 6.01. The lowest BCUT2D eigenvalue weighted by Gasteiger charge is -2.08. The first-order chi connectivity index (χ1) is 12.9. The zero-order chi connectivity index (χ0) is 18.7. The van der Waals surface area contributed by atoms with Crippen molar-refractivity contribution < 1.29 is 14.2 Å². The second kappa shape index (κ2) is 16.8. The van der Waals surface area contributed by atoms with Gasteiger partial charge in [-0.15, -0.1) is 5.92 Å². The van der Waals surface area contributed by atoms with Crippen molar-refractivity contribution in [2.24, 2.45) is 0 Å². The summed E-state index contributed by atoms with van der Waals surface area (Å²) in [6.45, 7) is 4.24. The lowest BCUT2D eigenvalue weighted by Crippen LogP contribution is -1.99. The molecule has 0 N–H and O–H groups in total. The summed E-state index contributed by atoms with van der Waals surface area (Å²) < 4.78 is 16.4. The molecule has 0 radical (unpaired) electrons. The van der Waals surface area contributed by atoms with Crippen molar-refractivity contribution in [1.82, 2.24) is 0 Å². The van der Waals surface area contributed by atoms with E-state index in [1.807, 2.05) is 24.3 Å². The maximum atomic E-state index is 5.80. The highest BCUT2D eigenvalue weighted by Gasteiger charge is 1.97. The first-order valence-electron chi connectivity index (χ1n) is 10.2. The van der Waals surface area contributed by atoms with E-state index in [2.05, 4.69) is 18.8 Å². The van der Waals surface area contributed by atoms with Crippen LogP contribution in [0.4, 0.5) is 0 Å². The molecule has 0 saturated carbocycles. The van der Waals surface area contributed by atoms with E-state index in [0.717, 1.165) is 37.4 Å². The number of benzene rings is 1. The van der Waals surface area contributed by atoms with Crippen LogP contribution in [0, 0.1) is 11.8 Å². The molecule has 0 aromatic heterocycles. The van der Waals surface area contributed by atoms with Gasteiger partial charge >= 0.3 is 0 Å². The molecule has 0 unspecified atom stereocenters. The zero-order valence-electron chi connectivity index (χ0n) is 16.7. The van der Waals surface area contributed by atoms with E-state index in [9.17, 15) is 0 Å². The summed E-state index contributed by atoms with van der Waals surface area (Å²) in [5.41, 5.74) is 0. The molecule has 0 saturated heterocycles. The van der Waals surface area contributed by atoms with E-state index in [1.165, 1.54) is 44.9 Å². The second-order valence-corrected chi connectivity index (χ2v) is 6.53. The third-order valence-corrected chi connectivity index (χ3v) is 4.15. The maximum absolute atomic E-state index is 5.80. The molecule has 1 rings (SSSR count). The minimum absolute atomic E-state index is 0.501. The molecule has 3 nitrogen and oxygen atoms in total. The Hall–Kier alpha value is -1.66. The molecule has 0 aliphatic rings. The molecular weight excluding hydrogens is 324 g/mol. The van der Waals surface area contributed by atoms with Crippen molar-refractivity contribution in [3.8, 4) is 23.3 Å². The van der Waals surface area contributed by atoms with Crippen LogP contribution in [0.3, 0.4) is 0 Å². The number of methoxy groups -OCH3 is 1. The summed E-state index contributed by atoms with van der Waals surface area (Å²) >= 11 is 0. The maximum Gasteiger partial charge on any atom is 0.119 e. The van der Waals surface area contributed by atoms with Crippen LogP contribution in [-0.2, 0) is 4.74 Å². The van der Waals surface area contributed by atoms with Crippen LogP contribution in [0.1, 0.15) is 71.1 Å². The predicted molar refractivity (Wildman–Crippen MR) is 109 cm³/mol. The Morgan fingerprint density at radius 3 is 1.81 bits per heavy atom. The van der Waals surface area contributed by atoms with Gasteiger partial charge in [0.2, 0.25) is 0 Å². The summed E-state index contributed by atoms with van der Waals surface area (Å²) in [7, 11) is 1.65. The van der Waals surface area contributed by atoms with E-state index < -0.39 is 0 Å². The second-order valence-electron chi connectivity index (χ2n) is 6.53. The highest BCUT2D eigenvalue weighted by molar-refractivity contribution is 5.31. The number of rotatable bonds is 15. The Labute approximate surface area is 160 Å². The molecule has 0 aliphatic heterocycles. The van der Waals surface area contributed by atoms with Gasteiger partial charge in [0.1, 0.15) is 18.1 Å². The van der Waals surface area contributed by atoms with Crippen LogP contribution in [0.15, 0.2) is 24.3 Å². The molecule has 0 spiro atoms. The molecular formula is C23H36O3. The van der Waals surface area contributed by atoms with Gasteiger partial charge in [0.15, 0.2) is 0 Å². The van der Waals surface area contributed by atoms with Crippen molar-refractivity contribution in [3.05, 3.63) is 24.3 Å². The molecule has 26 heavy (non-hydrogen) atoms. The van der Waals surface area contributed by atoms with Crippen molar-refractivity contribution in [3.63, 3.8) is 0 Å². The van der Waals surface area contributed by atoms with Crippen molar-refractivity contribution >= 4 is 0 Å². The monoisotopic (exact) mass is 360 g/mol. The molecule has 3 heteroatoms. The fourth-order valence-electron chi connectivity index (χ4n) is 2.62. The largest absolute Gasteiger partial charge is 0.494 e. The molecule has 0 atom stereocenters. The highest BCUT2D eigenvalue weighted by Crippen LogP contribution is 2.18. The lowest BCUT2D eigenvalue weighted by molar-refractivity contribution is 0.239. The van der Waals surface area contributed by atoms with E-state index >= 15 is 0 Å². The molecule has 0 heterocycles. The van der Waals surface area contributed by atoms with Crippen LogP contribution in [0.25, 0.3) is 0 Å². The van der Waals surface area contributed by atoms with E-state index in [0.29, 0.717) is 13.2 Å². The summed E-state index contributed by atoms with van der Waals surface area (Å²) in [6, 6.07) is 7.91. The van der Waals surface area contributed by atoms with Crippen LogP contribution in [0.2, 0.25) is 0 Å². The summed E-state index contributed by atoms with van der Waals surface area (Å²) in [4.78, 5) is 0. The van der Waals surface area contributed by atoms with Crippen molar-refractivity contribution in [2.75, 3.05) is 26.9 Å². The van der Waals surface area contributed by atoms with E-state index in [-0.39, 0.29) is 0 Å². The van der Waals surface area contributed by atoms with Crippen molar-refractivity contribution in [1.29, 1.82) is 0 Å². The number of hydrogen-bond donors (Lipinski definition) is 0. The number of hydrogen-bond acceptors (Lipinski definition) is 3. The SMILES string of the molecule is CCCCCCCCCCOc1ccc(OCCCC#CCOC)cc1. The van der Waals surface area contributed by atoms with Crippen LogP contribution < -0.4 is 9.47 Å². The molecule has 0 bridgehead atoms. The molecule has 0 amide bonds. The molecule has 0 aliphatic carbocycles. The normalized spacial score (nSPS) is 10.2. The number of ether oxygens (including phenoxy) is 3. The first kappa shape index (κ1) is 22.4. The van der Waals surface area contributed by atoms with Gasteiger partial charge in [-0.3, -0.25) is 0 Å². The van der Waals surface area contributed by atoms with Gasteiger partial charge in [0.25, 0.3) is 0 Å². The van der Waals surface area contributed by atoms with Crippen LogP contribution in [0.5, 0.6) is 11.5 Å². The summed E-state index contributed by atoms with van der Waals surface area (Å²) in [6.07, 6.45) is 12.3. The lowest BCUT2D eigenvalue weighted by atomic mass is 10.1. The Bertz CT molecular complexity index is 484. The van der Waals surface area contributed by atoms with Gasteiger partial charge in [-0.1, -0.05) is 57.8 Å². The van der Waals surface area contributed by atoms with Gasteiger partial charge in [0, 0.05) is 13.5 Å². The Morgan fingerprint density at radius 2 is 1.23 bits per heavy atom. The fourth-order valence-corrected chi connectivity index (χ4v) is 2.62. The third-order valence-electron chi connectivity index (χ3n) is 4.15. The van der Waals surface area contributed by atoms with E-state index in [1.54, 1.807) is 7.11 Å².